The van der Waals surface area contributed by atoms with E-state index in [9.17, 15) is 49.5 Å². The zero-order valence-corrected chi connectivity index (χ0v) is 24.5. The molecule has 0 bridgehead atoms. The van der Waals surface area contributed by atoms with Crippen LogP contribution < -0.4 is 10.6 Å². The number of carbonyl (C=O) groups is 3. The molecule has 0 saturated carbocycles. The predicted molar refractivity (Wildman–Crippen MR) is 148 cm³/mol. The van der Waals surface area contributed by atoms with E-state index in [1.54, 1.807) is 6.92 Å². The Bertz CT molecular complexity index is 1570. The van der Waals surface area contributed by atoms with Crippen LogP contribution in [-0.2, 0) is 12.5 Å². The van der Waals surface area contributed by atoms with Crippen LogP contribution in [0.3, 0.4) is 0 Å². The Balaban J connectivity index is 1.91. The van der Waals surface area contributed by atoms with Gasteiger partial charge in [0, 0.05) is 17.5 Å². The number of ketones is 1. The maximum Gasteiger partial charge on any atom is 0.459 e. The molecular weight excluding hydrogens is 648 g/mol. The lowest BCUT2D eigenvalue weighted by atomic mass is 10.0. The van der Waals surface area contributed by atoms with Crippen molar-refractivity contribution >= 4 is 46.6 Å². The summed E-state index contributed by atoms with van der Waals surface area (Å²) in [7, 11) is 0. The molecule has 3 rings (SSSR count). The first-order valence-electron chi connectivity index (χ1n) is 12.4. The van der Waals surface area contributed by atoms with Gasteiger partial charge in [0.15, 0.2) is 0 Å². The number of nitrogens with zero attached hydrogens (tertiary/aromatic N) is 2. The van der Waals surface area contributed by atoms with E-state index in [0.717, 1.165) is 0 Å². The predicted octanol–water partition coefficient (Wildman–Crippen LogP) is 7.03. The fraction of sp³-hybridized carbons (Fsp3) is 0.333. The van der Waals surface area contributed by atoms with Crippen molar-refractivity contribution in [3.8, 4) is 0 Å². The molecule has 2 amide bonds. The highest BCUT2D eigenvalue weighted by Crippen LogP contribution is 2.43. The Morgan fingerprint density at radius 1 is 1.00 bits per heavy atom. The fourth-order valence-corrected chi connectivity index (χ4v) is 4.87. The Kier molecular flexibility index (Phi) is 10.4. The first kappa shape index (κ1) is 34.8. The minimum atomic E-state index is -6.18. The Hall–Kier alpha value is -3.66. The summed E-state index contributed by atoms with van der Waals surface area (Å²) in [6, 6.07) is 7.56. The van der Waals surface area contributed by atoms with Gasteiger partial charge < -0.3 is 10.6 Å². The van der Waals surface area contributed by atoms with Gasteiger partial charge in [0.25, 0.3) is 17.6 Å². The van der Waals surface area contributed by atoms with Gasteiger partial charge in [-0.25, -0.2) is 0 Å². The Morgan fingerprint density at radius 3 is 2.23 bits per heavy atom. The Labute approximate surface area is 254 Å². The van der Waals surface area contributed by atoms with Gasteiger partial charge >= 0.3 is 18.3 Å². The molecule has 44 heavy (non-hydrogen) atoms. The lowest BCUT2D eigenvalue weighted by Crippen LogP contribution is -2.35. The van der Waals surface area contributed by atoms with Gasteiger partial charge in [0.2, 0.25) is 0 Å². The average molecular weight is 671 g/mol. The molecular formula is C27H23ClF8N4O3S. The summed E-state index contributed by atoms with van der Waals surface area (Å²) >= 11 is 7.72. The second kappa shape index (κ2) is 13.1. The quantitative estimate of drug-likeness (QED) is 0.179. The number of halogens is 9. The van der Waals surface area contributed by atoms with E-state index >= 15 is 0 Å². The number of nitrogens with one attached hydrogen (secondary N) is 2. The van der Waals surface area contributed by atoms with Crippen molar-refractivity contribution in [1.82, 2.24) is 15.1 Å². The number of amides is 2. The number of benzene rings is 2. The molecule has 3 aromatic rings. The maximum atomic E-state index is 13.9. The number of thioether (sulfide) groups is 1. The number of carbonyl (C=O) groups excluding carboxylic acids is 3. The van der Waals surface area contributed by atoms with Gasteiger partial charge in [0.1, 0.15) is 11.4 Å². The molecule has 0 aliphatic heterocycles. The van der Waals surface area contributed by atoms with Crippen LogP contribution in [0, 0.1) is 6.92 Å². The van der Waals surface area contributed by atoms with Crippen LogP contribution in [-0.4, -0.2) is 57.8 Å². The SMILES string of the molecule is CSC[C@H](C)NC(=O)c1c(Cl)cccc1C(=O)Nc1ccc(Cn2nc(C(F)(F)C(F)(F)F)cc2C(=O)C(F)(F)F)cc1C. The summed E-state index contributed by atoms with van der Waals surface area (Å²) in [5, 5.41) is 8.32. The molecule has 7 nitrogen and oxygen atoms in total. The zero-order chi connectivity index (χ0) is 33.2. The molecule has 0 spiro atoms. The first-order valence-corrected chi connectivity index (χ1v) is 14.2. The third kappa shape index (κ3) is 7.70. The molecule has 0 aliphatic carbocycles. The smallest absolute Gasteiger partial charge is 0.349 e. The van der Waals surface area contributed by atoms with Gasteiger partial charge in [-0.2, -0.15) is 52.0 Å². The zero-order valence-electron chi connectivity index (χ0n) is 23.0. The maximum absolute atomic E-state index is 13.9. The van der Waals surface area contributed by atoms with Crippen molar-refractivity contribution in [2.24, 2.45) is 0 Å². The number of alkyl halides is 8. The van der Waals surface area contributed by atoms with Gasteiger partial charge in [-0.3, -0.25) is 19.1 Å². The minimum Gasteiger partial charge on any atom is -0.349 e. The molecule has 2 aromatic carbocycles. The van der Waals surface area contributed by atoms with E-state index in [4.69, 9.17) is 11.6 Å². The van der Waals surface area contributed by atoms with Crippen LogP contribution in [0.1, 0.15) is 54.9 Å². The lowest BCUT2D eigenvalue weighted by Gasteiger charge is -2.17. The van der Waals surface area contributed by atoms with E-state index < -0.39 is 53.8 Å². The number of hydrogen-bond donors (Lipinski definition) is 2. The third-order valence-electron chi connectivity index (χ3n) is 6.10. The third-order valence-corrected chi connectivity index (χ3v) is 7.25. The standard InChI is InChI=1S/C27H23ClF8N4O3S/c1-13-9-15(11-40-19(22(41)26(31,32)33)10-20(39-40)25(29,30)27(34,35)36)7-8-18(13)38-23(42)16-5-4-6-17(28)21(16)24(43)37-14(2)12-44-3/h4-10,14H,11-12H2,1-3H3,(H,37,43)(H,38,42)/t14-/m0/s1. The van der Waals surface area contributed by atoms with Crippen LogP contribution in [0.4, 0.5) is 40.8 Å². The molecule has 0 saturated heterocycles. The van der Waals surface area contributed by atoms with Crippen molar-refractivity contribution in [2.45, 2.75) is 44.7 Å². The summed E-state index contributed by atoms with van der Waals surface area (Å²) < 4.78 is 106. The second-order valence-electron chi connectivity index (χ2n) is 9.57. The molecule has 1 heterocycles. The van der Waals surface area contributed by atoms with Crippen LogP contribution >= 0.6 is 23.4 Å². The molecule has 1 aromatic heterocycles. The first-order chi connectivity index (χ1) is 20.3. The topological polar surface area (TPSA) is 93.1 Å². The molecule has 17 heteroatoms. The number of aryl methyl sites for hydroxylation is 1. The van der Waals surface area contributed by atoms with Gasteiger partial charge in [-0.15, -0.1) is 0 Å². The summed E-state index contributed by atoms with van der Waals surface area (Å²) in [5.41, 5.74) is -3.26. The molecule has 2 N–H and O–H groups in total. The van der Waals surface area contributed by atoms with Crippen molar-refractivity contribution < 1.29 is 49.5 Å². The average Bonchev–Trinajstić information content (AvgIpc) is 3.32. The highest BCUT2D eigenvalue weighted by atomic mass is 35.5. The summed E-state index contributed by atoms with van der Waals surface area (Å²) in [5.74, 6) is -9.03. The van der Waals surface area contributed by atoms with Crippen molar-refractivity contribution in [3.05, 3.63) is 81.1 Å². The number of hydrogen-bond acceptors (Lipinski definition) is 5. The van der Waals surface area contributed by atoms with E-state index in [0.29, 0.717) is 5.75 Å². The number of Topliss-reactive ketones (excluding diaryl/α,β-unsaturated/α-hetero) is 1. The molecule has 0 radical (unpaired) electrons. The highest BCUT2D eigenvalue weighted by Gasteiger charge is 2.61. The minimum absolute atomic E-state index is 0.0115. The van der Waals surface area contributed by atoms with E-state index in [1.165, 1.54) is 55.1 Å². The van der Waals surface area contributed by atoms with E-state index in [-0.39, 0.29) is 49.8 Å². The van der Waals surface area contributed by atoms with Gasteiger partial charge in [-0.05, 0) is 55.5 Å². The summed E-state index contributed by atoms with van der Waals surface area (Å²) in [4.78, 5) is 37.9. The molecule has 238 valence electrons. The summed E-state index contributed by atoms with van der Waals surface area (Å²) in [6.07, 6.45) is -9.92. The van der Waals surface area contributed by atoms with Crippen LogP contribution in [0.25, 0.3) is 0 Å². The van der Waals surface area contributed by atoms with E-state index in [2.05, 4.69) is 15.7 Å². The fourth-order valence-electron chi connectivity index (χ4n) is 4.02. The molecule has 0 unspecified atom stereocenters. The van der Waals surface area contributed by atoms with Crippen molar-refractivity contribution in [1.29, 1.82) is 0 Å². The van der Waals surface area contributed by atoms with Crippen molar-refractivity contribution in [2.75, 3.05) is 17.3 Å². The van der Waals surface area contributed by atoms with Crippen molar-refractivity contribution in [3.63, 3.8) is 0 Å². The van der Waals surface area contributed by atoms with Crippen LogP contribution in [0.2, 0.25) is 5.02 Å². The van der Waals surface area contributed by atoms with Gasteiger partial charge in [-0.1, -0.05) is 29.8 Å². The normalized spacial score (nSPS) is 13.0. The molecule has 0 fully saturated rings. The largest absolute Gasteiger partial charge is 0.459 e. The highest BCUT2D eigenvalue weighted by molar-refractivity contribution is 7.98. The number of aromatic nitrogens is 2. The monoisotopic (exact) mass is 670 g/mol. The molecule has 0 aliphatic rings. The van der Waals surface area contributed by atoms with Crippen LogP contribution in [0.15, 0.2) is 42.5 Å². The Morgan fingerprint density at radius 2 is 1.66 bits per heavy atom. The lowest BCUT2D eigenvalue weighted by molar-refractivity contribution is -0.291. The number of rotatable bonds is 10. The molecule has 1 atom stereocenters. The number of anilines is 1. The second-order valence-corrected chi connectivity index (χ2v) is 10.9. The van der Waals surface area contributed by atoms with Crippen LogP contribution in [0.5, 0.6) is 0 Å². The van der Waals surface area contributed by atoms with E-state index in [1.807, 2.05) is 6.26 Å². The van der Waals surface area contributed by atoms with Gasteiger partial charge in [0.05, 0.1) is 22.7 Å². The summed E-state index contributed by atoms with van der Waals surface area (Å²) in [6.45, 7) is 2.43.